The van der Waals surface area contributed by atoms with Gasteiger partial charge in [-0.2, -0.15) is 9.40 Å². The molecule has 0 unspecified atom stereocenters. The summed E-state index contributed by atoms with van der Waals surface area (Å²) in [5.74, 6) is 1.04. The Bertz CT molecular complexity index is 1510. The van der Waals surface area contributed by atoms with Crippen LogP contribution in [0.1, 0.15) is 55.2 Å². The highest BCUT2D eigenvalue weighted by Gasteiger charge is 2.29. The number of methoxy groups -OCH3 is 1. The molecule has 2 amide bonds. The minimum Gasteiger partial charge on any atom is -0.493 e. The van der Waals surface area contributed by atoms with Gasteiger partial charge in [-0.15, -0.1) is 11.3 Å². The number of benzene rings is 1. The molecule has 1 saturated heterocycles. The quantitative estimate of drug-likeness (QED) is 0.380. The summed E-state index contributed by atoms with van der Waals surface area (Å²) in [6, 6.07) is 7.32. The molecule has 14 heteroatoms. The monoisotopic (exact) mass is 588 g/mol. The van der Waals surface area contributed by atoms with E-state index < -0.39 is 10.0 Å². The molecule has 1 aliphatic carbocycles. The number of carbonyl (C=O) groups excluding carboxylic acids is 2. The number of nitrogens with zero attached hydrogens (tertiary/aromatic N) is 5. The van der Waals surface area contributed by atoms with E-state index in [1.54, 1.807) is 36.0 Å². The van der Waals surface area contributed by atoms with Crippen molar-refractivity contribution in [3.63, 3.8) is 0 Å². The molecule has 1 N–H and O–H groups in total. The molecule has 1 saturated carbocycles. The van der Waals surface area contributed by atoms with Gasteiger partial charge in [0.25, 0.3) is 11.8 Å². The van der Waals surface area contributed by atoms with Gasteiger partial charge in [0.1, 0.15) is 12.3 Å². The number of piperazine rings is 1. The van der Waals surface area contributed by atoms with Crippen molar-refractivity contribution in [1.82, 2.24) is 29.3 Å². The van der Waals surface area contributed by atoms with Crippen molar-refractivity contribution in [2.45, 2.75) is 31.9 Å². The van der Waals surface area contributed by atoms with Crippen LogP contribution in [0.4, 0.5) is 0 Å². The molecular weight excluding hydrogens is 556 g/mol. The van der Waals surface area contributed by atoms with Gasteiger partial charge in [0.05, 0.1) is 23.9 Å². The van der Waals surface area contributed by atoms with Crippen molar-refractivity contribution in [2.24, 2.45) is 7.05 Å². The number of para-hydroxylation sites is 1. The number of rotatable bonds is 10. The fraction of sp³-hybridized carbons (Fsp3) is 0.462. The van der Waals surface area contributed by atoms with Gasteiger partial charge in [0, 0.05) is 57.4 Å². The molecular formula is C26H32N6O6S2. The van der Waals surface area contributed by atoms with Crippen LogP contribution in [0.25, 0.3) is 0 Å². The summed E-state index contributed by atoms with van der Waals surface area (Å²) < 4.78 is 38.0. The summed E-state index contributed by atoms with van der Waals surface area (Å²) in [6.45, 7) is 1.60. The van der Waals surface area contributed by atoms with E-state index >= 15 is 0 Å². The van der Waals surface area contributed by atoms with E-state index in [1.165, 1.54) is 21.9 Å². The smallest absolute Gasteiger partial charge is 0.282 e. The molecule has 3 heterocycles. The summed E-state index contributed by atoms with van der Waals surface area (Å²) in [6.07, 6.45) is 5.01. The van der Waals surface area contributed by atoms with Crippen molar-refractivity contribution in [3.8, 4) is 11.5 Å². The number of carbonyl (C=O) groups is 2. The number of aromatic nitrogens is 3. The Morgan fingerprint density at radius 1 is 1.18 bits per heavy atom. The van der Waals surface area contributed by atoms with Crippen LogP contribution < -0.4 is 14.8 Å². The molecule has 2 fully saturated rings. The van der Waals surface area contributed by atoms with E-state index in [9.17, 15) is 18.0 Å². The van der Waals surface area contributed by atoms with E-state index in [1.807, 2.05) is 18.2 Å². The second kappa shape index (κ2) is 11.6. The van der Waals surface area contributed by atoms with Crippen LogP contribution >= 0.6 is 11.3 Å². The maximum absolute atomic E-state index is 12.9. The van der Waals surface area contributed by atoms with Crippen LogP contribution in [0, 0.1) is 0 Å². The topological polar surface area (TPSA) is 136 Å². The van der Waals surface area contributed by atoms with E-state index in [4.69, 9.17) is 9.47 Å². The predicted molar refractivity (Wildman–Crippen MR) is 148 cm³/mol. The lowest BCUT2D eigenvalue weighted by atomic mass is 10.1. The van der Waals surface area contributed by atoms with Crippen LogP contribution in [0.3, 0.4) is 0 Å². The SMILES string of the molecule is COc1c(CNC(=O)c2cc(C3CC3)nn2C)cccc1OCc1cnc(C(=O)N2CCN(S(C)(=O)=O)CC2)s1. The van der Waals surface area contributed by atoms with Crippen molar-refractivity contribution in [3.05, 3.63) is 57.3 Å². The number of hydrogen-bond acceptors (Lipinski definition) is 9. The fourth-order valence-electron chi connectivity index (χ4n) is 4.57. The summed E-state index contributed by atoms with van der Waals surface area (Å²) in [5, 5.41) is 7.73. The normalized spacial score (nSPS) is 16.1. The molecule has 3 aromatic rings. The molecule has 214 valence electrons. The van der Waals surface area contributed by atoms with Crippen molar-refractivity contribution in [2.75, 3.05) is 39.5 Å². The Balaban J connectivity index is 1.18. The van der Waals surface area contributed by atoms with Gasteiger partial charge >= 0.3 is 0 Å². The first-order valence-corrected chi connectivity index (χ1v) is 15.6. The number of nitrogens with one attached hydrogen (secondary N) is 1. The maximum Gasteiger partial charge on any atom is 0.282 e. The Kier molecular flexibility index (Phi) is 8.10. The maximum atomic E-state index is 12.9. The average Bonchev–Trinajstić information content (AvgIpc) is 3.56. The molecule has 1 aromatic carbocycles. The molecule has 12 nitrogen and oxygen atoms in total. The van der Waals surface area contributed by atoms with Crippen LogP contribution in [0.5, 0.6) is 11.5 Å². The molecule has 1 aliphatic heterocycles. The van der Waals surface area contributed by atoms with Crippen molar-refractivity contribution >= 4 is 33.2 Å². The average molecular weight is 589 g/mol. The van der Waals surface area contributed by atoms with Gasteiger partial charge in [-0.1, -0.05) is 12.1 Å². The number of sulfonamides is 1. The predicted octanol–water partition coefficient (Wildman–Crippen LogP) is 1.99. The first-order chi connectivity index (χ1) is 19.1. The number of hydrogen-bond donors (Lipinski definition) is 1. The van der Waals surface area contributed by atoms with Crippen LogP contribution in [-0.2, 0) is 30.2 Å². The van der Waals surface area contributed by atoms with E-state index in [0.29, 0.717) is 41.2 Å². The number of aryl methyl sites for hydroxylation is 1. The molecule has 2 aromatic heterocycles. The lowest BCUT2D eigenvalue weighted by Gasteiger charge is -2.32. The summed E-state index contributed by atoms with van der Waals surface area (Å²) >= 11 is 1.23. The number of ether oxygens (including phenoxy) is 2. The second-order valence-electron chi connectivity index (χ2n) is 9.86. The van der Waals surface area contributed by atoms with Crippen molar-refractivity contribution in [1.29, 1.82) is 0 Å². The van der Waals surface area contributed by atoms with E-state index in [0.717, 1.165) is 29.0 Å². The van der Waals surface area contributed by atoms with E-state index in [2.05, 4.69) is 15.4 Å². The van der Waals surface area contributed by atoms with Gasteiger partial charge in [0.15, 0.2) is 16.5 Å². The second-order valence-corrected chi connectivity index (χ2v) is 13.0. The molecule has 40 heavy (non-hydrogen) atoms. The van der Waals surface area contributed by atoms with Gasteiger partial charge in [-0.05, 0) is 25.0 Å². The van der Waals surface area contributed by atoms with Crippen LogP contribution in [0.2, 0.25) is 0 Å². The highest BCUT2D eigenvalue weighted by atomic mass is 32.2. The highest BCUT2D eigenvalue weighted by Crippen LogP contribution is 2.39. The number of amides is 2. The fourth-order valence-corrected chi connectivity index (χ4v) is 6.19. The summed E-state index contributed by atoms with van der Waals surface area (Å²) in [5.41, 5.74) is 2.23. The summed E-state index contributed by atoms with van der Waals surface area (Å²) in [4.78, 5) is 32.3. The molecule has 0 atom stereocenters. The standard InChI is InChI=1S/C26H32N6O6S2/c1-30-21(13-20(29-30)17-7-8-17)24(33)27-14-18-5-4-6-22(23(18)37-2)38-16-19-15-28-25(39-19)26(34)31-9-11-32(12-10-31)40(3,35)36/h4-6,13,15,17H,7-12,14,16H2,1-3H3,(H,27,33). The molecule has 5 rings (SSSR count). The summed E-state index contributed by atoms with van der Waals surface area (Å²) in [7, 11) is 0.0469. The lowest BCUT2D eigenvalue weighted by Crippen LogP contribution is -2.50. The van der Waals surface area contributed by atoms with Crippen molar-refractivity contribution < 1.29 is 27.5 Å². The third-order valence-corrected chi connectivity index (χ3v) is 9.19. The Morgan fingerprint density at radius 3 is 2.60 bits per heavy atom. The first kappa shape index (κ1) is 28.1. The third-order valence-electron chi connectivity index (χ3n) is 6.93. The van der Waals surface area contributed by atoms with Gasteiger partial charge in [0.2, 0.25) is 10.0 Å². The van der Waals surface area contributed by atoms with Gasteiger partial charge in [-0.25, -0.2) is 13.4 Å². The van der Waals surface area contributed by atoms with E-state index in [-0.39, 0.29) is 38.1 Å². The third kappa shape index (κ3) is 6.29. The molecule has 0 bridgehead atoms. The number of thiazole rings is 1. The minimum absolute atomic E-state index is 0.179. The van der Waals surface area contributed by atoms with Gasteiger partial charge in [-0.3, -0.25) is 14.3 Å². The first-order valence-electron chi connectivity index (χ1n) is 12.9. The molecule has 0 spiro atoms. The minimum atomic E-state index is -3.27. The van der Waals surface area contributed by atoms with Crippen LogP contribution in [0.15, 0.2) is 30.5 Å². The van der Waals surface area contributed by atoms with Gasteiger partial charge < -0.3 is 19.7 Å². The lowest BCUT2D eigenvalue weighted by molar-refractivity contribution is 0.0697. The molecule has 0 radical (unpaired) electrons. The Morgan fingerprint density at radius 2 is 1.93 bits per heavy atom. The zero-order valence-electron chi connectivity index (χ0n) is 22.6. The molecule has 2 aliphatic rings. The van der Waals surface area contributed by atoms with Crippen LogP contribution in [-0.4, -0.2) is 83.7 Å². The Hall–Kier alpha value is -3.49. The zero-order valence-corrected chi connectivity index (χ0v) is 24.3. The zero-order chi connectivity index (χ0) is 28.4. The Labute approximate surface area is 236 Å². The highest BCUT2D eigenvalue weighted by molar-refractivity contribution is 7.88. The largest absolute Gasteiger partial charge is 0.493 e.